The first-order valence-electron chi connectivity index (χ1n) is 5.39. The Morgan fingerprint density at radius 1 is 1.47 bits per heavy atom. The number of alkyl halides is 1. The van der Waals surface area contributed by atoms with Gasteiger partial charge in [0.15, 0.2) is 5.04 Å². The molecule has 1 atom stereocenters. The van der Waals surface area contributed by atoms with E-state index in [0.717, 1.165) is 17.4 Å². The third kappa shape index (κ3) is 3.57. The molecule has 0 unspecified atom stereocenters. The monoisotopic (exact) mass is 312 g/mol. The Bertz CT molecular complexity index is 422. The van der Waals surface area contributed by atoms with E-state index in [1.54, 1.807) is 11.8 Å². The maximum Gasteiger partial charge on any atom is 0.276 e. The van der Waals surface area contributed by atoms with Crippen LogP contribution in [0.1, 0.15) is 5.56 Å². The summed E-state index contributed by atoms with van der Waals surface area (Å²) in [5.74, 6) is -0.0673. The molecular formula is C12H13BrN2OS. The number of hydrogen-bond acceptors (Lipinski definition) is 3. The van der Waals surface area contributed by atoms with Crippen LogP contribution in [-0.4, -0.2) is 28.1 Å². The summed E-state index contributed by atoms with van der Waals surface area (Å²) in [5.41, 5.74) is 1.10. The molecule has 17 heavy (non-hydrogen) atoms. The third-order valence-electron chi connectivity index (χ3n) is 2.38. The molecule has 2 rings (SSSR count). The van der Waals surface area contributed by atoms with Gasteiger partial charge in [0.2, 0.25) is 0 Å². The third-order valence-corrected chi connectivity index (χ3v) is 4.78. The normalized spacial score (nSPS) is 18.9. The molecule has 0 radical (unpaired) electrons. The highest BCUT2D eigenvalue weighted by Gasteiger charge is 2.23. The number of aliphatic imine (C=N–C) groups is 1. The molecule has 5 heteroatoms. The van der Waals surface area contributed by atoms with Gasteiger partial charge in [-0.05, 0) is 5.56 Å². The van der Waals surface area contributed by atoms with Crippen LogP contribution in [-0.2, 0) is 11.3 Å². The lowest BCUT2D eigenvalue weighted by Crippen LogP contribution is -2.28. The summed E-state index contributed by atoms with van der Waals surface area (Å²) in [5, 5.41) is 4.75. The van der Waals surface area contributed by atoms with E-state index in [9.17, 15) is 4.79 Å². The molecule has 1 aromatic rings. The number of carbonyl (C=O) groups is 1. The van der Waals surface area contributed by atoms with Gasteiger partial charge >= 0.3 is 0 Å². The molecule has 1 N–H and O–H groups in total. The fourth-order valence-electron chi connectivity index (χ4n) is 1.48. The summed E-state index contributed by atoms with van der Waals surface area (Å²) in [6.07, 6.45) is 0. The Labute approximate surface area is 113 Å². The quantitative estimate of drug-likeness (QED) is 0.866. The molecule has 1 aliphatic rings. The molecule has 0 aromatic heterocycles. The van der Waals surface area contributed by atoms with Crippen molar-refractivity contribution < 1.29 is 4.79 Å². The first-order chi connectivity index (χ1) is 8.29. The number of rotatable bonds is 4. The molecule has 1 heterocycles. The molecule has 0 bridgehead atoms. The lowest BCUT2D eigenvalue weighted by atomic mass is 10.2. The smallest absolute Gasteiger partial charge is 0.276 e. The number of carbonyl (C=O) groups excluding carboxylic acids is 1. The fourth-order valence-corrected chi connectivity index (χ4v) is 2.93. The van der Waals surface area contributed by atoms with Crippen molar-refractivity contribution in [2.75, 3.05) is 11.9 Å². The zero-order chi connectivity index (χ0) is 12.1. The molecule has 0 saturated carbocycles. The summed E-state index contributed by atoms with van der Waals surface area (Å²) in [7, 11) is 0. The molecular weight excluding hydrogens is 300 g/mol. The van der Waals surface area contributed by atoms with Crippen LogP contribution in [0, 0.1) is 0 Å². The van der Waals surface area contributed by atoms with Crippen molar-refractivity contribution in [3.05, 3.63) is 35.9 Å². The largest absolute Gasteiger partial charge is 0.346 e. The summed E-state index contributed by atoms with van der Waals surface area (Å²) >= 11 is 4.95. The van der Waals surface area contributed by atoms with Crippen LogP contribution in [0.5, 0.6) is 0 Å². The van der Waals surface area contributed by atoms with Gasteiger partial charge in [-0.2, -0.15) is 0 Å². The number of amides is 1. The second-order valence-corrected chi connectivity index (χ2v) is 5.64. The van der Waals surface area contributed by atoms with Crippen LogP contribution in [0.4, 0.5) is 0 Å². The van der Waals surface area contributed by atoms with Gasteiger partial charge in [0.1, 0.15) is 0 Å². The Kier molecular flexibility index (Phi) is 4.62. The lowest BCUT2D eigenvalue weighted by molar-refractivity contribution is -0.114. The van der Waals surface area contributed by atoms with Gasteiger partial charge in [-0.1, -0.05) is 58.0 Å². The van der Waals surface area contributed by atoms with Crippen molar-refractivity contribution in [3.8, 4) is 0 Å². The predicted octanol–water partition coefficient (Wildman–Crippen LogP) is 2.21. The fraction of sp³-hybridized carbons (Fsp3) is 0.333. The minimum atomic E-state index is -0.0673. The highest BCUT2D eigenvalue weighted by molar-refractivity contribution is 9.09. The Balaban J connectivity index is 1.83. The lowest BCUT2D eigenvalue weighted by Gasteiger charge is -2.05. The zero-order valence-electron chi connectivity index (χ0n) is 9.23. The highest BCUT2D eigenvalue weighted by Crippen LogP contribution is 2.22. The second-order valence-electron chi connectivity index (χ2n) is 3.71. The van der Waals surface area contributed by atoms with Crippen LogP contribution in [0.2, 0.25) is 0 Å². The van der Waals surface area contributed by atoms with Gasteiger partial charge in [-0.3, -0.25) is 9.79 Å². The number of thioether (sulfide) groups is 1. The van der Waals surface area contributed by atoms with Gasteiger partial charge in [-0.25, -0.2) is 0 Å². The van der Waals surface area contributed by atoms with Crippen molar-refractivity contribution in [3.63, 3.8) is 0 Å². The molecule has 90 valence electrons. The van der Waals surface area contributed by atoms with Crippen molar-refractivity contribution in [2.24, 2.45) is 4.99 Å². The van der Waals surface area contributed by atoms with Crippen molar-refractivity contribution in [1.82, 2.24) is 5.32 Å². The molecule has 0 saturated heterocycles. The van der Waals surface area contributed by atoms with E-state index in [-0.39, 0.29) is 5.91 Å². The van der Waals surface area contributed by atoms with Crippen LogP contribution < -0.4 is 5.32 Å². The van der Waals surface area contributed by atoms with E-state index < -0.39 is 0 Å². The standard InChI is InChI=1S/C12H13BrN2OS/c13-6-10-8-15-12(17-10)11(16)14-7-9-4-2-1-3-5-9/h1-5,10H,6-8H2,(H,14,16)/t10-/m1/s1. The average molecular weight is 313 g/mol. The molecule has 1 amide bonds. The topological polar surface area (TPSA) is 41.5 Å². The van der Waals surface area contributed by atoms with E-state index in [0.29, 0.717) is 16.8 Å². The summed E-state index contributed by atoms with van der Waals surface area (Å²) < 4.78 is 0. The predicted molar refractivity (Wildman–Crippen MR) is 75.8 cm³/mol. The maximum absolute atomic E-state index is 11.8. The Morgan fingerprint density at radius 3 is 2.88 bits per heavy atom. The van der Waals surface area contributed by atoms with Crippen LogP contribution >= 0.6 is 27.7 Å². The van der Waals surface area contributed by atoms with Crippen LogP contribution in [0.25, 0.3) is 0 Å². The maximum atomic E-state index is 11.8. The number of halogens is 1. The minimum Gasteiger partial charge on any atom is -0.346 e. The molecule has 3 nitrogen and oxygen atoms in total. The van der Waals surface area contributed by atoms with E-state index in [1.807, 2.05) is 30.3 Å². The van der Waals surface area contributed by atoms with Gasteiger partial charge < -0.3 is 5.32 Å². The van der Waals surface area contributed by atoms with E-state index in [2.05, 4.69) is 26.2 Å². The number of hydrogen-bond donors (Lipinski definition) is 1. The summed E-state index contributed by atoms with van der Waals surface area (Å²) in [4.78, 5) is 16.0. The van der Waals surface area contributed by atoms with Gasteiger partial charge in [0, 0.05) is 17.1 Å². The molecule has 0 fully saturated rings. The molecule has 0 spiro atoms. The minimum absolute atomic E-state index is 0.0673. The van der Waals surface area contributed by atoms with Gasteiger partial charge in [-0.15, -0.1) is 0 Å². The van der Waals surface area contributed by atoms with Crippen LogP contribution in [0.3, 0.4) is 0 Å². The second kappa shape index (κ2) is 6.21. The summed E-state index contributed by atoms with van der Waals surface area (Å²) in [6, 6.07) is 9.87. The van der Waals surface area contributed by atoms with Crippen molar-refractivity contribution in [1.29, 1.82) is 0 Å². The SMILES string of the molecule is O=C(NCc1ccccc1)C1=NC[C@@H](CBr)S1. The van der Waals surface area contributed by atoms with Crippen molar-refractivity contribution in [2.45, 2.75) is 11.8 Å². The zero-order valence-corrected chi connectivity index (χ0v) is 11.6. The number of nitrogens with one attached hydrogen (secondary N) is 1. The van der Waals surface area contributed by atoms with Crippen LogP contribution in [0.15, 0.2) is 35.3 Å². The van der Waals surface area contributed by atoms with E-state index in [1.165, 1.54) is 0 Å². The number of benzene rings is 1. The number of nitrogens with zero attached hydrogens (tertiary/aromatic N) is 1. The van der Waals surface area contributed by atoms with Gasteiger partial charge in [0.25, 0.3) is 5.91 Å². The first kappa shape index (κ1) is 12.6. The average Bonchev–Trinajstić information content (AvgIpc) is 2.86. The van der Waals surface area contributed by atoms with Gasteiger partial charge in [0.05, 0.1) is 6.54 Å². The summed E-state index contributed by atoms with van der Waals surface area (Å²) in [6.45, 7) is 1.28. The molecule has 1 aliphatic heterocycles. The Hall–Kier alpha value is -0.810. The first-order valence-corrected chi connectivity index (χ1v) is 7.39. The van der Waals surface area contributed by atoms with E-state index in [4.69, 9.17) is 0 Å². The highest BCUT2D eigenvalue weighted by atomic mass is 79.9. The molecule has 1 aromatic carbocycles. The van der Waals surface area contributed by atoms with Crippen molar-refractivity contribution >= 4 is 38.6 Å². The molecule has 0 aliphatic carbocycles. The van der Waals surface area contributed by atoms with E-state index >= 15 is 0 Å². The Morgan fingerprint density at radius 2 is 2.24 bits per heavy atom.